The summed E-state index contributed by atoms with van der Waals surface area (Å²) in [6.07, 6.45) is 2.79. The summed E-state index contributed by atoms with van der Waals surface area (Å²) >= 11 is 0. The molecule has 1 amide bonds. The van der Waals surface area contributed by atoms with E-state index in [9.17, 15) is 13.2 Å². The molecule has 41 heavy (non-hydrogen) atoms. The molecule has 1 fully saturated rings. The molecule has 0 radical (unpaired) electrons. The highest BCUT2D eigenvalue weighted by atomic mass is 32.2. The predicted molar refractivity (Wildman–Crippen MR) is 164 cm³/mol. The second-order valence-corrected chi connectivity index (χ2v) is 12.3. The van der Waals surface area contributed by atoms with E-state index in [1.807, 2.05) is 6.07 Å². The number of carbonyl (C=O) groups excluding carboxylic acids is 1. The number of hydrogen-bond acceptors (Lipinski definition) is 10. The number of anilines is 6. The van der Waals surface area contributed by atoms with Gasteiger partial charge in [-0.3, -0.25) is 4.79 Å². The first kappa shape index (κ1) is 29.8. The third kappa shape index (κ3) is 6.95. The molecule has 4 rings (SSSR count). The molecule has 0 saturated carbocycles. The Hall–Kier alpha value is -4.16. The summed E-state index contributed by atoms with van der Waals surface area (Å²) in [5, 5.41) is 8.64. The SMILES string of the molecule is C=CC(=O)Nc1cc(Nc2nccc(Nc3ccccc3S(=O)(=O)C(C)C)n2)c(OC)cc1N1CCN(CC)CC1. The first-order chi connectivity index (χ1) is 19.7. The van der Waals surface area contributed by atoms with Gasteiger partial charge < -0.3 is 30.5 Å². The lowest BCUT2D eigenvalue weighted by Crippen LogP contribution is -2.46. The maximum absolute atomic E-state index is 12.9. The zero-order valence-corrected chi connectivity index (χ0v) is 24.7. The van der Waals surface area contributed by atoms with Crippen LogP contribution in [0.4, 0.5) is 34.5 Å². The largest absolute Gasteiger partial charge is 0.494 e. The lowest BCUT2D eigenvalue weighted by Gasteiger charge is -2.36. The van der Waals surface area contributed by atoms with Gasteiger partial charge in [-0.25, -0.2) is 13.4 Å². The molecular formula is C29H37N7O4S. The van der Waals surface area contributed by atoms with E-state index in [1.165, 1.54) is 6.08 Å². The quantitative estimate of drug-likeness (QED) is 0.281. The molecule has 0 unspecified atom stereocenters. The fraction of sp³-hybridized carbons (Fsp3) is 0.345. The average Bonchev–Trinajstić information content (AvgIpc) is 2.97. The number of piperazine rings is 1. The fourth-order valence-electron chi connectivity index (χ4n) is 4.51. The number of carbonyl (C=O) groups is 1. The minimum absolute atomic E-state index is 0.197. The molecule has 2 aromatic carbocycles. The van der Waals surface area contributed by atoms with Crippen LogP contribution in [0.5, 0.6) is 5.75 Å². The number of nitrogens with one attached hydrogen (secondary N) is 3. The molecule has 0 spiro atoms. The number of amides is 1. The topological polar surface area (TPSA) is 129 Å². The van der Waals surface area contributed by atoms with E-state index in [0.717, 1.165) is 38.4 Å². The highest BCUT2D eigenvalue weighted by Gasteiger charge is 2.24. The third-order valence-corrected chi connectivity index (χ3v) is 9.11. The van der Waals surface area contributed by atoms with Crippen LogP contribution in [0.3, 0.4) is 0 Å². The normalized spacial score (nSPS) is 14.0. The van der Waals surface area contributed by atoms with Crippen molar-refractivity contribution in [1.82, 2.24) is 14.9 Å². The van der Waals surface area contributed by atoms with Crippen LogP contribution in [-0.2, 0) is 14.6 Å². The van der Waals surface area contributed by atoms with E-state index in [1.54, 1.807) is 63.6 Å². The summed E-state index contributed by atoms with van der Waals surface area (Å²) in [5.41, 5.74) is 2.41. The van der Waals surface area contributed by atoms with Crippen LogP contribution < -0.4 is 25.6 Å². The highest BCUT2D eigenvalue weighted by molar-refractivity contribution is 7.92. The number of hydrogen-bond donors (Lipinski definition) is 3. The molecule has 2 heterocycles. The highest BCUT2D eigenvalue weighted by Crippen LogP contribution is 2.39. The van der Waals surface area contributed by atoms with Crippen molar-refractivity contribution in [3.63, 3.8) is 0 Å². The predicted octanol–water partition coefficient (Wildman–Crippen LogP) is 4.42. The van der Waals surface area contributed by atoms with Crippen LogP contribution in [0.2, 0.25) is 0 Å². The Morgan fingerprint density at radius 1 is 1.07 bits per heavy atom. The molecule has 1 aliphatic rings. The Kier molecular flexibility index (Phi) is 9.46. The molecule has 1 aliphatic heterocycles. The molecule has 218 valence electrons. The Labute approximate surface area is 241 Å². The molecule has 1 saturated heterocycles. The number of nitrogens with zero attached hydrogens (tertiary/aromatic N) is 4. The lowest BCUT2D eigenvalue weighted by molar-refractivity contribution is -0.111. The molecule has 0 aliphatic carbocycles. The van der Waals surface area contributed by atoms with E-state index in [4.69, 9.17) is 4.74 Å². The van der Waals surface area contributed by atoms with Gasteiger partial charge in [-0.05, 0) is 50.7 Å². The molecule has 0 bridgehead atoms. The smallest absolute Gasteiger partial charge is 0.247 e. The number of rotatable bonds is 11. The van der Waals surface area contributed by atoms with Gasteiger partial charge in [0.15, 0.2) is 9.84 Å². The standard InChI is InChI=1S/C29H37N7O4S/c1-6-28(37)32-22-18-23(25(40-5)19-24(22)36-16-14-35(7-2)15-17-36)33-29-30-13-12-27(34-29)31-21-10-8-9-11-26(21)41(38,39)20(3)4/h6,8-13,18-20H,1,7,14-17H2,2-5H3,(H,32,37)(H2,30,31,33,34). The summed E-state index contributed by atoms with van der Waals surface area (Å²) in [4.78, 5) is 26.0. The van der Waals surface area contributed by atoms with Crippen molar-refractivity contribution in [2.24, 2.45) is 0 Å². The fourth-order valence-corrected chi connectivity index (χ4v) is 5.71. The summed E-state index contributed by atoms with van der Waals surface area (Å²) in [6, 6.07) is 12.0. The van der Waals surface area contributed by atoms with Crippen LogP contribution in [0, 0.1) is 0 Å². The zero-order valence-electron chi connectivity index (χ0n) is 23.8. The number of sulfone groups is 1. The van der Waals surface area contributed by atoms with Gasteiger partial charge in [-0.1, -0.05) is 25.6 Å². The molecular weight excluding hydrogens is 542 g/mol. The molecule has 1 aromatic heterocycles. The number of para-hydroxylation sites is 1. The Morgan fingerprint density at radius 3 is 2.46 bits per heavy atom. The van der Waals surface area contributed by atoms with E-state index >= 15 is 0 Å². The molecule has 0 atom stereocenters. The second kappa shape index (κ2) is 13.0. The Bertz CT molecular complexity index is 1500. The first-order valence-corrected chi connectivity index (χ1v) is 15.0. The number of ether oxygens (including phenoxy) is 1. The van der Waals surface area contributed by atoms with Gasteiger partial charge in [0, 0.05) is 38.4 Å². The van der Waals surface area contributed by atoms with Crippen LogP contribution in [0.15, 0.2) is 66.2 Å². The van der Waals surface area contributed by atoms with Crippen molar-refractivity contribution in [2.75, 3.05) is 60.7 Å². The van der Waals surface area contributed by atoms with Crippen LogP contribution in [0.25, 0.3) is 0 Å². The van der Waals surface area contributed by atoms with Gasteiger partial charge in [0.1, 0.15) is 11.6 Å². The Balaban J connectivity index is 1.64. The van der Waals surface area contributed by atoms with Gasteiger partial charge in [0.25, 0.3) is 0 Å². The average molecular weight is 580 g/mol. The van der Waals surface area contributed by atoms with Crippen molar-refractivity contribution in [3.8, 4) is 5.75 Å². The van der Waals surface area contributed by atoms with Gasteiger partial charge in [0.05, 0.1) is 40.0 Å². The van der Waals surface area contributed by atoms with E-state index < -0.39 is 15.1 Å². The third-order valence-electron chi connectivity index (χ3n) is 6.90. The first-order valence-electron chi connectivity index (χ1n) is 13.5. The minimum Gasteiger partial charge on any atom is -0.494 e. The van der Waals surface area contributed by atoms with Crippen molar-refractivity contribution in [1.29, 1.82) is 0 Å². The molecule has 3 aromatic rings. The van der Waals surface area contributed by atoms with Gasteiger partial charge in [0.2, 0.25) is 11.9 Å². The number of likely N-dealkylation sites (N-methyl/N-ethyl adjacent to an activating group) is 1. The lowest BCUT2D eigenvalue weighted by atomic mass is 10.1. The maximum Gasteiger partial charge on any atom is 0.247 e. The van der Waals surface area contributed by atoms with Crippen molar-refractivity contribution in [3.05, 3.63) is 61.3 Å². The van der Waals surface area contributed by atoms with E-state index in [0.29, 0.717) is 28.6 Å². The molecule has 11 nitrogen and oxygen atoms in total. The summed E-state index contributed by atoms with van der Waals surface area (Å²) in [5.74, 6) is 0.873. The van der Waals surface area contributed by atoms with Crippen molar-refractivity contribution < 1.29 is 17.9 Å². The van der Waals surface area contributed by atoms with Crippen LogP contribution in [0.1, 0.15) is 20.8 Å². The van der Waals surface area contributed by atoms with E-state index in [2.05, 4.69) is 49.2 Å². The second-order valence-electron chi connectivity index (χ2n) is 9.79. The van der Waals surface area contributed by atoms with Crippen molar-refractivity contribution in [2.45, 2.75) is 30.9 Å². The van der Waals surface area contributed by atoms with Crippen LogP contribution in [-0.4, -0.2) is 74.3 Å². The number of aromatic nitrogens is 2. The van der Waals surface area contributed by atoms with Crippen molar-refractivity contribution >= 4 is 50.3 Å². The minimum atomic E-state index is -3.52. The number of benzene rings is 2. The van der Waals surface area contributed by atoms with Gasteiger partial charge in [-0.15, -0.1) is 0 Å². The summed E-state index contributed by atoms with van der Waals surface area (Å²) in [6.45, 7) is 13.5. The van der Waals surface area contributed by atoms with E-state index in [-0.39, 0.29) is 16.8 Å². The summed E-state index contributed by atoms with van der Waals surface area (Å²) in [7, 11) is -1.94. The van der Waals surface area contributed by atoms with Gasteiger partial charge >= 0.3 is 0 Å². The van der Waals surface area contributed by atoms with Crippen LogP contribution >= 0.6 is 0 Å². The van der Waals surface area contributed by atoms with Gasteiger partial charge in [-0.2, -0.15) is 4.98 Å². The maximum atomic E-state index is 12.9. The molecule has 3 N–H and O–H groups in total. The Morgan fingerprint density at radius 2 is 1.80 bits per heavy atom. The monoisotopic (exact) mass is 579 g/mol. The summed E-state index contributed by atoms with van der Waals surface area (Å²) < 4.78 is 31.5. The molecule has 12 heteroatoms. The zero-order chi connectivity index (χ0) is 29.6. The number of methoxy groups -OCH3 is 1.